The second-order valence-electron chi connectivity index (χ2n) is 4.30. The van der Waals surface area contributed by atoms with Gasteiger partial charge >= 0.3 is 23.9 Å². The van der Waals surface area contributed by atoms with Crippen LogP contribution in [0.1, 0.15) is 6.42 Å². The Morgan fingerprint density at radius 2 is 1.33 bits per heavy atom. The molecule has 0 saturated heterocycles. The second kappa shape index (κ2) is 5.54. The molecule has 1 atom stereocenters. The Balaban J connectivity index is 5.45. The van der Waals surface area contributed by atoms with Gasteiger partial charge in [-0.05, 0) is 0 Å². The first-order chi connectivity index (χ1) is 8.99. The van der Waals surface area contributed by atoms with E-state index in [0.717, 1.165) is 14.1 Å². The molecule has 0 bridgehead atoms. The number of hydrogen-bond donors (Lipinski definition) is 1. The van der Waals surface area contributed by atoms with Crippen LogP contribution in [-0.2, 0) is 4.79 Å². The monoisotopic (exact) mass is 335 g/mol. The van der Waals surface area contributed by atoms with Gasteiger partial charge in [0.25, 0.3) is 5.91 Å². The molecule has 12 heteroatoms. The minimum absolute atomic E-state index is 0.473. The van der Waals surface area contributed by atoms with Crippen LogP contribution in [0.5, 0.6) is 0 Å². The molecule has 21 heavy (non-hydrogen) atoms. The van der Waals surface area contributed by atoms with Gasteiger partial charge in [-0.15, -0.1) is 0 Å². The third-order valence-electron chi connectivity index (χ3n) is 2.39. The molecule has 3 nitrogen and oxygen atoms in total. The molecule has 0 heterocycles. The highest BCUT2D eigenvalue weighted by atomic mass is 19.4. The summed E-state index contributed by atoms with van der Waals surface area (Å²) in [6, 6.07) is 0. The lowest BCUT2D eigenvalue weighted by atomic mass is 9.98. The van der Waals surface area contributed by atoms with Crippen molar-refractivity contribution >= 4 is 5.91 Å². The normalized spacial score (nSPS) is 15.8. The number of amides is 1. The van der Waals surface area contributed by atoms with E-state index in [0.29, 0.717) is 4.90 Å². The molecule has 0 radical (unpaired) electrons. The van der Waals surface area contributed by atoms with Crippen molar-refractivity contribution in [3.8, 4) is 0 Å². The SMILES string of the molecule is CN(C)C(=O)C(O)CC(F)(F)C(F)(F)C(F)(F)C(F)(F)F. The van der Waals surface area contributed by atoms with Gasteiger partial charge in [-0.25, -0.2) is 0 Å². The highest BCUT2D eigenvalue weighted by Gasteiger charge is 2.81. The Hall–Kier alpha value is -1.20. The van der Waals surface area contributed by atoms with E-state index in [1.807, 2.05) is 0 Å². The van der Waals surface area contributed by atoms with Crippen LogP contribution in [0.4, 0.5) is 39.5 Å². The number of rotatable bonds is 5. The van der Waals surface area contributed by atoms with Gasteiger partial charge in [-0.3, -0.25) is 4.79 Å². The van der Waals surface area contributed by atoms with E-state index in [-0.39, 0.29) is 0 Å². The summed E-state index contributed by atoms with van der Waals surface area (Å²) in [4.78, 5) is 11.5. The minimum Gasteiger partial charge on any atom is -0.383 e. The Labute approximate surface area is 112 Å². The summed E-state index contributed by atoms with van der Waals surface area (Å²) < 4.78 is 112. The third-order valence-corrected chi connectivity index (χ3v) is 2.39. The third kappa shape index (κ3) is 3.52. The van der Waals surface area contributed by atoms with Gasteiger partial charge in [0.2, 0.25) is 0 Å². The molecule has 0 fully saturated rings. The van der Waals surface area contributed by atoms with Gasteiger partial charge < -0.3 is 10.0 Å². The van der Waals surface area contributed by atoms with Gasteiger partial charge in [0, 0.05) is 14.1 Å². The average molecular weight is 335 g/mol. The lowest BCUT2D eigenvalue weighted by Gasteiger charge is -2.34. The molecule has 1 N–H and O–H groups in total. The lowest BCUT2D eigenvalue weighted by molar-refractivity contribution is -0.397. The first-order valence-electron chi connectivity index (χ1n) is 5.08. The molecule has 0 rings (SSSR count). The van der Waals surface area contributed by atoms with E-state index in [2.05, 4.69) is 0 Å². The fourth-order valence-corrected chi connectivity index (χ4v) is 1.16. The molecular weight excluding hydrogens is 325 g/mol. The summed E-state index contributed by atoms with van der Waals surface area (Å²) in [5.41, 5.74) is 0. The molecular formula is C9H10F9NO2. The molecule has 0 spiro atoms. The minimum atomic E-state index is -7.04. The van der Waals surface area contributed by atoms with E-state index in [1.165, 1.54) is 0 Å². The van der Waals surface area contributed by atoms with Crippen LogP contribution in [0.15, 0.2) is 0 Å². The van der Waals surface area contributed by atoms with Crippen LogP contribution < -0.4 is 0 Å². The smallest absolute Gasteiger partial charge is 0.383 e. The number of halogens is 9. The quantitative estimate of drug-likeness (QED) is 0.784. The van der Waals surface area contributed by atoms with Crippen molar-refractivity contribution in [2.75, 3.05) is 14.1 Å². The van der Waals surface area contributed by atoms with Gasteiger partial charge in [0.05, 0.1) is 6.42 Å². The molecule has 0 aliphatic carbocycles. The van der Waals surface area contributed by atoms with Crippen molar-refractivity contribution in [1.29, 1.82) is 0 Å². The van der Waals surface area contributed by atoms with E-state index in [4.69, 9.17) is 5.11 Å². The number of alkyl halides is 9. The van der Waals surface area contributed by atoms with E-state index < -0.39 is 42.4 Å². The maximum Gasteiger partial charge on any atom is 0.460 e. The topological polar surface area (TPSA) is 40.5 Å². The van der Waals surface area contributed by atoms with Crippen LogP contribution in [0.25, 0.3) is 0 Å². The largest absolute Gasteiger partial charge is 0.460 e. The molecule has 0 aromatic rings. The number of aliphatic hydroxyl groups is 1. The fraction of sp³-hybridized carbons (Fsp3) is 0.889. The predicted molar refractivity (Wildman–Crippen MR) is 50.2 cm³/mol. The van der Waals surface area contributed by atoms with Crippen LogP contribution in [-0.4, -0.2) is 60.1 Å². The summed E-state index contributed by atoms with van der Waals surface area (Å²) in [5.74, 6) is -21.4. The van der Waals surface area contributed by atoms with Crippen molar-refractivity contribution in [3.63, 3.8) is 0 Å². The lowest BCUT2D eigenvalue weighted by Crippen LogP contribution is -2.61. The van der Waals surface area contributed by atoms with E-state index >= 15 is 0 Å². The Morgan fingerprint density at radius 3 is 1.62 bits per heavy atom. The maximum atomic E-state index is 13.0. The molecule has 0 aromatic carbocycles. The first-order valence-corrected chi connectivity index (χ1v) is 5.08. The zero-order chi connectivity index (χ0) is 17.4. The summed E-state index contributed by atoms with van der Waals surface area (Å²) in [7, 11) is 1.85. The molecule has 1 amide bonds. The Bertz CT molecular complexity index is 391. The number of hydrogen-bond acceptors (Lipinski definition) is 2. The van der Waals surface area contributed by atoms with Gasteiger partial charge in [0.1, 0.15) is 6.10 Å². The zero-order valence-corrected chi connectivity index (χ0v) is 10.5. The highest BCUT2D eigenvalue weighted by Crippen LogP contribution is 2.54. The number of likely N-dealkylation sites (N-methyl/N-ethyl adjacent to an activating group) is 1. The van der Waals surface area contributed by atoms with Gasteiger partial charge in [-0.2, -0.15) is 39.5 Å². The average Bonchev–Trinajstić information content (AvgIpc) is 2.24. The van der Waals surface area contributed by atoms with Crippen LogP contribution >= 0.6 is 0 Å². The van der Waals surface area contributed by atoms with Crippen molar-refractivity contribution in [1.82, 2.24) is 4.90 Å². The van der Waals surface area contributed by atoms with E-state index in [1.54, 1.807) is 0 Å². The molecule has 1 unspecified atom stereocenters. The van der Waals surface area contributed by atoms with Crippen molar-refractivity contribution in [3.05, 3.63) is 0 Å². The zero-order valence-electron chi connectivity index (χ0n) is 10.5. The van der Waals surface area contributed by atoms with E-state index in [9.17, 15) is 44.3 Å². The number of carbonyl (C=O) groups is 1. The van der Waals surface area contributed by atoms with Gasteiger partial charge in [-0.1, -0.05) is 0 Å². The molecule has 0 aliphatic rings. The fourth-order valence-electron chi connectivity index (χ4n) is 1.16. The Kier molecular flexibility index (Phi) is 5.22. The summed E-state index contributed by atoms with van der Waals surface area (Å²) in [5, 5.41) is 8.92. The number of nitrogens with zero attached hydrogens (tertiary/aromatic N) is 1. The van der Waals surface area contributed by atoms with Crippen LogP contribution in [0, 0.1) is 0 Å². The standard InChI is InChI=1S/C9H10F9NO2/c1-19(2)5(21)4(20)3-6(10,11)7(12,13)8(14,15)9(16,17)18/h4,20H,3H2,1-2H3. The number of aliphatic hydroxyl groups excluding tert-OH is 1. The Morgan fingerprint density at radius 1 is 0.952 bits per heavy atom. The van der Waals surface area contributed by atoms with Crippen molar-refractivity contribution in [2.24, 2.45) is 0 Å². The molecule has 0 aliphatic heterocycles. The first kappa shape index (κ1) is 19.8. The van der Waals surface area contributed by atoms with Crippen LogP contribution in [0.3, 0.4) is 0 Å². The summed E-state index contributed by atoms with van der Waals surface area (Å²) >= 11 is 0. The maximum absolute atomic E-state index is 13.0. The summed E-state index contributed by atoms with van der Waals surface area (Å²) in [6.45, 7) is 0. The van der Waals surface area contributed by atoms with Gasteiger partial charge in [0.15, 0.2) is 0 Å². The molecule has 0 aromatic heterocycles. The molecule has 126 valence electrons. The predicted octanol–water partition coefficient (Wildman–Crippen LogP) is 2.29. The highest BCUT2D eigenvalue weighted by molar-refractivity contribution is 5.80. The number of carbonyl (C=O) groups excluding carboxylic acids is 1. The molecule has 0 saturated carbocycles. The van der Waals surface area contributed by atoms with Crippen molar-refractivity contribution in [2.45, 2.75) is 36.5 Å². The summed E-state index contributed by atoms with van der Waals surface area (Å²) in [6.07, 6.45) is -12.4. The van der Waals surface area contributed by atoms with Crippen molar-refractivity contribution < 1.29 is 49.4 Å². The van der Waals surface area contributed by atoms with Crippen LogP contribution in [0.2, 0.25) is 0 Å². The second-order valence-corrected chi connectivity index (χ2v) is 4.30.